The Bertz CT molecular complexity index is 606. The van der Waals surface area contributed by atoms with Crippen LogP contribution in [0.1, 0.15) is 25.3 Å². The number of carbonyl (C=O) groups excluding carboxylic acids is 1. The van der Waals surface area contributed by atoms with E-state index in [1.807, 2.05) is 29.2 Å². The number of benzene rings is 1. The third-order valence-electron chi connectivity index (χ3n) is 4.41. The molecule has 124 valence electrons. The highest BCUT2D eigenvalue weighted by Gasteiger charge is 2.29. The van der Waals surface area contributed by atoms with Crippen LogP contribution in [0.15, 0.2) is 23.8 Å². The molecule has 23 heavy (non-hydrogen) atoms. The summed E-state index contributed by atoms with van der Waals surface area (Å²) in [5.74, 6) is 1.51. The normalized spacial score (nSPS) is 19.6. The van der Waals surface area contributed by atoms with E-state index in [0.717, 1.165) is 43.8 Å². The highest BCUT2D eigenvalue weighted by Crippen LogP contribution is 2.35. The van der Waals surface area contributed by atoms with Gasteiger partial charge in [0.05, 0.1) is 12.7 Å². The number of rotatable bonds is 5. The van der Waals surface area contributed by atoms with Crippen molar-refractivity contribution in [3.8, 4) is 11.5 Å². The maximum Gasteiger partial charge on any atom is 0.253 e. The van der Waals surface area contributed by atoms with Crippen molar-refractivity contribution in [3.63, 3.8) is 0 Å². The summed E-state index contributed by atoms with van der Waals surface area (Å²) in [5.41, 5.74) is 1.62. The Labute approximate surface area is 137 Å². The first kappa shape index (κ1) is 15.9. The van der Waals surface area contributed by atoms with E-state index in [0.29, 0.717) is 17.9 Å². The molecule has 1 amide bonds. The molecule has 0 bridgehead atoms. The average molecular weight is 316 g/mol. The van der Waals surface area contributed by atoms with E-state index < -0.39 is 0 Å². The predicted molar refractivity (Wildman–Crippen MR) is 89.7 cm³/mol. The Hall–Kier alpha value is -2.01. The van der Waals surface area contributed by atoms with Crippen LogP contribution >= 0.6 is 0 Å². The van der Waals surface area contributed by atoms with Gasteiger partial charge in [-0.1, -0.05) is 19.1 Å². The monoisotopic (exact) mass is 316 g/mol. The number of methoxy groups -OCH3 is 1. The molecule has 2 heterocycles. The summed E-state index contributed by atoms with van der Waals surface area (Å²) in [4.78, 5) is 15.0. The number of nitrogens with one attached hydrogen (secondary N) is 1. The van der Waals surface area contributed by atoms with Gasteiger partial charge in [-0.05, 0) is 31.5 Å². The van der Waals surface area contributed by atoms with Gasteiger partial charge in [0, 0.05) is 24.7 Å². The molecular weight excluding hydrogens is 292 g/mol. The minimum Gasteiger partial charge on any atom is -0.493 e. The predicted octanol–water partition coefficient (Wildman–Crippen LogP) is 2.07. The van der Waals surface area contributed by atoms with Gasteiger partial charge in [0.25, 0.3) is 5.91 Å². The van der Waals surface area contributed by atoms with Gasteiger partial charge < -0.3 is 19.7 Å². The fourth-order valence-corrected chi connectivity index (χ4v) is 3.25. The van der Waals surface area contributed by atoms with Crippen LogP contribution in [0.2, 0.25) is 0 Å². The zero-order chi connectivity index (χ0) is 16.2. The second kappa shape index (κ2) is 7.04. The molecule has 1 saturated heterocycles. The van der Waals surface area contributed by atoms with Crippen molar-refractivity contribution in [2.45, 2.75) is 25.8 Å². The number of hydrogen-bond donors (Lipinski definition) is 1. The highest BCUT2D eigenvalue weighted by molar-refractivity contribution is 5.99. The van der Waals surface area contributed by atoms with Crippen molar-refractivity contribution in [3.05, 3.63) is 29.3 Å². The maximum atomic E-state index is 13.0. The van der Waals surface area contributed by atoms with E-state index >= 15 is 0 Å². The molecule has 0 aliphatic carbocycles. The molecule has 2 aliphatic heterocycles. The van der Waals surface area contributed by atoms with Gasteiger partial charge >= 0.3 is 0 Å². The minimum atomic E-state index is 0.0917. The van der Waals surface area contributed by atoms with Crippen LogP contribution in [0.25, 0.3) is 6.08 Å². The Kier molecular flexibility index (Phi) is 4.86. The van der Waals surface area contributed by atoms with Crippen molar-refractivity contribution in [2.24, 2.45) is 0 Å². The Morgan fingerprint density at radius 2 is 2.35 bits per heavy atom. The van der Waals surface area contributed by atoms with E-state index in [9.17, 15) is 4.79 Å². The van der Waals surface area contributed by atoms with E-state index in [4.69, 9.17) is 9.47 Å². The lowest BCUT2D eigenvalue weighted by atomic mass is 10.0. The Morgan fingerprint density at radius 1 is 1.48 bits per heavy atom. The molecule has 1 aromatic rings. The molecule has 1 N–H and O–H groups in total. The summed E-state index contributed by atoms with van der Waals surface area (Å²) in [6.45, 7) is 5.05. The molecule has 5 heteroatoms. The number of para-hydroxylation sites is 1. The molecule has 1 atom stereocenters. The van der Waals surface area contributed by atoms with E-state index in [2.05, 4.69) is 12.2 Å². The topological polar surface area (TPSA) is 50.8 Å². The summed E-state index contributed by atoms with van der Waals surface area (Å²) in [5, 5.41) is 3.34. The molecule has 1 fully saturated rings. The zero-order valence-corrected chi connectivity index (χ0v) is 13.8. The molecule has 5 nitrogen and oxygen atoms in total. The van der Waals surface area contributed by atoms with Crippen LogP contribution in [0.5, 0.6) is 11.5 Å². The lowest BCUT2D eigenvalue weighted by Crippen LogP contribution is -2.43. The molecule has 1 unspecified atom stereocenters. The third kappa shape index (κ3) is 3.20. The summed E-state index contributed by atoms with van der Waals surface area (Å²) in [6, 6.07) is 6.02. The van der Waals surface area contributed by atoms with Crippen molar-refractivity contribution in [1.82, 2.24) is 10.2 Å². The van der Waals surface area contributed by atoms with E-state index in [1.54, 1.807) is 7.11 Å². The molecule has 0 radical (unpaired) electrons. The fraction of sp³-hybridized carbons (Fsp3) is 0.500. The van der Waals surface area contributed by atoms with Crippen molar-refractivity contribution >= 4 is 12.0 Å². The first-order chi connectivity index (χ1) is 11.2. The molecule has 0 saturated carbocycles. The first-order valence-electron chi connectivity index (χ1n) is 8.26. The number of ether oxygens (including phenoxy) is 2. The average Bonchev–Trinajstić information content (AvgIpc) is 3.12. The fourth-order valence-electron chi connectivity index (χ4n) is 3.25. The number of hydrogen-bond acceptors (Lipinski definition) is 4. The SMILES string of the molecule is CCCN(C(=O)C1=Cc2cccc(OC)c2OC1)C1CCNC1. The molecule has 0 aromatic heterocycles. The van der Waals surface area contributed by atoms with Crippen molar-refractivity contribution in [2.75, 3.05) is 33.4 Å². The lowest BCUT2D eigenvalue weighted by Gasteiger charge is -2.30. The summed E-state index contributed by atoms with van der Waals surface area (Å²) in [6.07, 6.45) is 3.92. The molecular formula is C18H24N2O3. The van der Waals surface area contributed by atoms with Crippen molar-refractivity contribution in [1.29, 1.82) is 0 Å². The summed E-state index contributed by atoms with van der Waals surface area (Å²) in [7, 11) is 1.62. The second-order valence-electron chi connectivity index (χ2n) is 5.98. The van der Waals surface area contributed by atoms with Crippen LogP contribution in [0.3, 0.4) is 0 Å². The molecule has 3 rings (SSSR count). The summed E-state index contributed by atoms with van der Waals surface area (Å²) >= 11 is 0. The first-order valence-corrected chi connectivity index (χ1v) is 8.26. The van der Waals surface area contributed by atoms with E-state index in [1.165, 1.54) is 0 Å². The van der Waals surface area contributed by atoms with Crippen LogP contribution in [0.4, 0.5) is 0 Å². The van der Waals surface area contributed by atoms with Crippen LogP contribution in [-0.2, 0) is 4.79 Å². The number of amides is 1. The molecule has 2 aliphatic rings. The smallest absolute Gasteiger partial charge is 0.253 e. The lowest BCUT2D eigenvalue weighted by molar-refractivity contribution is -0.129. The van der Waals surface area contributed by atoms with Gasteiger partial charge in [-0.25, -0.2) is 0 Å². The van der Waals surface area contributed by atoms with E-state index in [-0.39, 0.29) is 11.9 Å². The van der Waals surface area contributed by atoms with Gasteiger partial charge in [0.2, 0.25) is 0 Å². The number of fused-ring (bicyclic) bond motifs is 1. The second-order valence-corrected chi connectivity index (χ2v) is 5.98. The standard InChI is InChI=1S/C18H24N2O3/c1-3-9-20(15-7-8-19-11-15)18(21)14-10-13-5-4-6-16(22-2)17(13)23-12-14/h4-6,10,15,19H,3,7-9,11-12H2,1-2H3. The van der Waals surface area contributed by atoms with Gasteiger partial charge in [0.1, 0.15) is 6.61 Å². The van der Waals surface area contributed by atoms with Gasteiger partial charge in [-0.3, -0.25) is 4.79 Å². The maximum absolute atomic E-state index is 13.0. The Balaban J connectivity index is 1.85. The van der Waals surface area contributed by atoms with Crippen LogP contribution in [0, 0.1) is 0 Å². The third-order valence-corrected chi connectivity index (χ3v) is 4.41. The largest absolute Gasteiger partial charge is 0.493 e. The molecule has 0 spiro atoms. The van der Waals surface area contributed by atoms with Gasteiger partial charge in [0.15, 0.2) is 11.5 Å². The van der Waals surface area contributed by atoms with Gasteiger partial charge in [-0.2, -0.15) is 0 Å². The summed E-state index contributed by atoms with van der Waals surface area (Å²) < 4.78 is 11.1. The minimum absolute atomic E-state index is 0.0917. The van der Waals surface area contributed by atoms with Crippen LogP contribution in [-0.4, -0.2) is 50.2 Å². The van der Waals surface area contributed by atoms with Crippen LogP contribution < -0.4 is 14.8 Å². The quantitative estimate of drug-likeness (QED) is 0.903. The number of nitrogens with zero attached hydrogens (tertiary/aromatic N) is 1. The number of carbonyl (C=O) groups is 1. The molecule has 1 aromatic carbocycles. The van der Waals surface area contributed by atoms with Crippen molar-refractivity contribution < 1.29 is 14.3 Å². The highest BCUT2D eigenvalue weighted by atomic mass is 16.5. The zero-order valence-electron chi connectivity index (χ0n) is 13.8. The van der Waals surface area contributed by atoms with Gasteiger partial charge in [-0.15, -0.1) is 0 Å². The Morgan fingerprint density at radius 3 is 3.04 bits per heavy atom.